The molecule has 140 valence electrons. The predicted molar refractivity (Wildman–Crippen MR) is 87.2 cm³/mol. The quantitative estimate of drug-likeness (QED) is 0.846. The summed E-state index contributed by atoms with van der Waals surface area (Å²) >= 11 is 5.89. The first kappa shape index (κ1) is 21.1. The van der Waals surface area contributed by atoms with Gasteiger partial charge < -0.3 is 15.0 Å². The Bertz CT molecular complexity index is 615. The van der Waals surface area contributed by atoms with Crippen LogP contribution in [0.4, 0.5) is 18.0 Å². The molecule has 0 aliphatic heterocycles. The van der Waals surface area contributed by atoms with Crippen LogP contribution in [0, 0.1) is 0 Å². The van der Waals surface area contributed by atoms with Gasteiger partial charge in [0.25, 0.3) is 0 Å². The maximum atomic E-state index is 12.3. The van der Waals surface area contributed by atoms with E-state index in [9.17, 15) is 22.8 Å². The lowest BCUT2D eigenvalue weighted by Gasteiger charge is -2.27. The fraction of sp³-hybridized carbons (Fsp3) is 0.500. The molecule has 9 heteroatoms. The van der Waals surface area contributed by atoms with E-state index >= 15 is 0 Å². The van der Waals surface area contributed by atoms with E-state index in [1.807, 2.05) is 0 Å². The molecule has 0 aliphatic carbocycles. The van der Waals surface area contributed by atoms with Crippen molar-refractivity contribution in [2.45, 2.75) is 39.1 Å². The maximum absolute atomic E-state index is 12.3. The van der Waals surface area contributed by atoms with Crippen LogP contribution in [0.1, 0.15) is 26.3 Å². The number of nitrogens with zero attached hydrogens (tertiary/aromatic N) is 1. The normalized spacial score (nSPS) is 11.8. The SMILES string of the molecule is CC(C)(C)OC(=O)N(CCNC(=O)C(F)(F)F)Cc1cccc(Cl)c1. The summed E-state index contributed by atoms with van der Waals surface area (Å²) in [4.78, 5) is 24.3. The summed E-state index contributed by atoms with van der Waals surface area (Å²) in [6.45, 7) is 4.59. The van der Waals surface area contributed by atoms with Crippen LogP contribution in [-0.4, -0.2) is 41.8 Å². The summed E-state index contributed by atoms with van der Waals surface area (Å²) in [6.07, 6.45) is -5.67. The average molecular weight is 381 g/mol. The van der Waals surface area contributed by atoms with E-state index in [1.54, 1.807) is 50.4 Å². The van der Waals surface area contributed by atoms with Crippen molar-refractivity contribution < 1.29 is 27.5 Å². The number of halogens is 4. The van der Waals surface area contributed by atoms with Crippen molar-refractivity contribution in [3.05, 3.63) is 34.9 Å². The van der Waals surface area contributed by atoms with Crippen molar-refractivity contribution in [1.29, 1.82) is 0 Å². The second kappa shape index (κ2) is 8.42. The van der Waals surface area contributed by atoms with Crippen molar-refractivity contribution in [1.82, 2.24) is 10.2 Å². The molecule has 1 aromatic carbocycles. The zero-order valence-corrected chi connectivity index (χ0v) is 14.9. The summed E-state index contributed by atoms with van der Waals surface area (Å²) in [6, 6.07) is 6.70. The minimum atomic E-state index is -4.97. The standard InChI is InChI=1S/C16H20ClF3N2O3/c1-15(2,3)25-14(24)22(8-7-21-13(23)16(18,19)20)10-11-5-4-6-12(17)9-11/h4-6,9H,7-8,10H2,1-3H3,(H,21,23). The Labute approximate surface area is 149 Å². The van der Waals surface area contributed by atoms with Gasteiger partial charge in [0.05, 0.1) is 0 Å². The molecule has 1 rings (SSSR count). The van der Waals surface area contributed by atoms with Gasteiger partial charge in [0.1, 0.15) is 5.60 Å². The Morgan fingerprint density at radius 1 is 1.24 bits per heavy atom. The van der Waals surface area contributed by atoms with Crippen molar-refractivity contribution in [3.8, 4) is 0 Å². The Morgan fingerprint density at radius 2 is 1.88 bits per heavy atom. The Morgan fingerprint density at radius 3 is 2.40 bits per heavy atom. The van der Waals surface area contributed by atoms with Crippen LogP contribution in [0.3, 0.4) is 0 Å². The van der Waals surface area contributed by atoms with Gasteiger partial charge in [-0.25, -0.2) is 4.79 Å². The smallest absolute Gasteiger partial charge is 0.444 e. The molecule has 0 bridgehead atoms. The minimum Gasteiger partial charge on any atom is -0.444 e. The Kier molecular flexibility index (Phi) is 7.10. The van der Waals surface area contributed by atoms with Crippen LogP contribution >= 0.6 is 11.6 Å². The maximum Gasteiger partial charge on any atom is 0.471 e. The summed E-state index contributed by atoms with van der Waals surface area (Å²) in [7, 11) is 0. The number of nitrogens with one attached hydrogen (secondary N) is 1. The van der Waals surface area contributed by atoms with E-state index in [4.69, 9.17) is 16.3 Å². The van der Waals surface area contributed by atoms with Crippen molar-refractivity contribution in [3.63, 3.8) is 0 Å². The van der Waals surface area contributed by atoms with E-state index in [0.29, 0.717) is 10.6 Å². The Hall–Kier alpha value is -1.96. The molecule has 2 amide bonds. The summed E-state index contributed by atoms with van der Waals surface area (Å²) in [5.41, 5.74) is -0.0840. The first-order chi connectivity index (χ1) is 11.4. The van der Waals surface area contributed by atoms with Gasteiger partial charge in [0.2, 0.25) is 0 Å². The van der Waals surface area contributed by atoms with Crippen molar-refractivity contribution in [2.24, 2.45) is 0 Å². The van der Waals surface area contributed by atoms with Crippen LogP contribution in [0.15, 0.2) is 24.3 Å². The highest BCUT2D eigenvalue weighted by atomic mass is 35.5. The molecule has 0 saturated carbocycles. The van der Waals surface area contributed by atoms with Crippen LogP contribution in [0.25, 0.3) is 0 Å². The molecular weight excluding hydrogens is 361 g/mol. The van der Waals surface area contributed by atoms with Crippen LogP contribution in [0.5, 0.6) is 0 Å². The van der Waals surface area contributed by atoms with Crippen LogP contribution in [0.2, 0.25) is 5.02 Å². The fourth-order valence-corrected chi connectivity index (χ4v) is 2.03. The molecular formula is C16H20ClF3N2O3. The van der Waals surface area contributed by atoms with E-state index in [0.717, 1.165) is 0 Å². The first-order valence-corrected chi connectivity index (χ1v) is 7.83. The zero-order chi connectivity index (χ0) is 19.3. The highest BCUT2D eigenvalue weighted by Gasteiger charge is 2.38. The second-order valence-electron chi connectivity index (χ2n) is 6.29. The third kappa shape index (κ3) is 8.11. The predicted octanol–water partition coefficient (Wildman–Crippen LogP) is 3.76. The van der Waals surface area contributed by atoms with E-state index in [2.05, 4.69) is 0 Å². The van der Waals surface area contributed by atoms with E-state index in [1.165, 1.54) is 4.90 Å². The van der Waals surface area contributed by atoms with Gasteiger partial charge in [-0.05, 0) is 38.5 Å². The molecule has 0 heterocycles. The number of rotatable bonds is 5. The summed E-state index contributed by atoms with van der Waals surface area (Å²) in [5, 5.41) is 2.19. The van der Waals surface area contributed by atoms with Crippen LogP contribution < -0.4 is 5.32 Å². The van der Waals surface area contributed by atoms with Gasteiger partial charge in [-0.1, -0.05) is 23.7 Å². The number of hydrogen-bond donors (Lipinski definition) is 1. The molecule has 1 aromatic rings. The van der Waals surface area contributed by atoms with Crippen molar-refractivity contribution >= 4 is 23.6 Å². The highest BCUT2D eigenvalue weighted by Crippen LogP contribution is 2.16. The molecule has 0 aromatic heterocycles. The van der Waals surface area contributed by atoms with E-state index in [-0.39, 0.29) is 19.6 Å². The van der Waals surface area contributed by atoms with Gasteiger partial charge in [-0.3, -0.25) is 4.79 Å². The number of hydrogen-bond acceptors (Lipinski definition) is 3. The lowest BCUT2D eigenvalue weighted by atomic mass is 10.2. The minimum absolute atomic E-state index is 0.0807. The molecule has 5 nitrogen and oxygen atoms in total. The topological polar surface area (TPSA) is 58.6 Å². The summed E-state index contributed by atoms with van der Waals surface area (Å²) < 4.78 is 41.9. The third-order valence-corrected chi connectivity index (χ3v) is 3.07. The second-order valence-corrected chi connectivity index (χ2v) is 6.72. The van der Waals surface area contributed by atoms with Crippen LogP contribution in [-0.2, 0) is 16.1 Å². The Balaban J connectivity index is 2.77. The molecule has 0 atom stereocenters. The number of carbonyl (C=O) groups excluding carboxylic acids is 2. The fourth-order valence-electron chi connectivity index (χ4n) is 1.82. The average Bonchev–Trinajstić information content (AvgIpc) is 2.43. The largest absolute Gasteiger partial charge is 0.471 e. The molecule has 25 heavy (non-hydrogen) atoms. The number of amides is 2. The lowest BCUT2D eigenvalue weighted by Crippen LogP contribution is -2.44. The van der Waals surface area contributed by atoms with Crippen molar-refractivity contribution in [2.75, 3.05) is 13.1 Å². The number of ether oxygens (including phenoxy) is 1. The zero-order valence-electron chi connectivity index (χ0n) is 14.1. The van der Waals surface area contributed by atoms with E-state index < -0.39 is 23.8 Å². The molecule has 0 spiro atoms. The highest BCUT2D eigenvalue weighted by molar-refractivity contribution is 6.30. The lowest BCUT2D eigenvalue weighted by molar-refractivity contribution is -0.173. The van der Waals surface area contributed by atoms with Gasteiger partial charge in [0.15, 0.2) is 0 Å². The van der Waals surface area contributed by atoms with Gasteiger partial charge in [0, 0.05) is 24.7 Å². The molecule has 0 fully saturated rings. The summed E-state index contributed by atoms with van der Waals surface area (Å²) in [5.74, 6) is -2.06. The number of alkyl halides is 3. The molecule has 0 unspecified atom stereocenters. The number of benzene rings is 1. The third-order valence-electron chi connectivity index (χ3n) is 2.84. The molecule has 0 saturated heterocycles. The molecule has 1 N–H and O–H groups in total. The first-order valence-electron chi connectivity index (χ1n) is 7.46. The molecule has 0 radical (unpaired) electrons. The monoisotopic (exact) mass is 380 g/mol. The van der Waals surface area contributed by atoms with Gasteiger partial charge in [-0.15, -0.1) is 0 Å². The number of carbonyl (C=O) groups is 2. The van der Waals surface area contributed by atoms with Gasteiger partial charge in [-0.2, -0.15) is 13.2 Å². The van der Waals surface area contributed by atoms with Gasteiger partial charge >= 0.3 is 18.2 Å². The molecule has 0 aliphatic rings.